The minimum absolute atomic E-state index is 0.779. The average Bonchev–Trinajstić information content (AvgIpc) is 2.98. The largest absolute Gasteiger partial charge is 0.399 e. The molecule has 6 aromatic carbocycles. The summed E-state index contributed by atoms with van der Waals surface area (Å²) in [5.74, 6) is 0. The summed E-state index contributed by atoms with van der Waals surface area (Å²) < 4.78 is 0. The average molecular weight is 489 g/mol. The Morgan fingerprint density at radius 1 is 0.237 bits per heavy atom. The lowest BCUT2D eigenvalue weighted by molar-refractivity contribution is 1.56. The minimum Gasteiger partial charge on any atom is -0.399 e. The van der Waals surface area contributed by atoms with Gasteiger partial charge in [0.2, 0.25) is 0 Å². The molecule has 2 nitrogen and oxygen atoms in total. The van der Waals surface area contributed by atoms with Crippen LogP contribution in [0.25, 0.3) is 55.6 Å². The molecule has 0 aromatic heterocycles. The molecule has 6 rings (SSSR count). The molecule has 0 amide bonds. The Morgan fingerprint density at radius 2 is 0.447 bits per heavy atom. The van der Waals surface area contributed by atoms with E-state index >= 15 is 0 Å². The summed E-state index contributed by atoms with van der Waals surface area (Å²) in [4.78, 5) is 0. The van der Waals surface area contributed by atoms with Gasteiger partial charge >= 0.3 is 0 Å². The van der Waals surface area contributed by atoms with Crippen LogP contribution in [-0.4, -0.2) is 0 Å². The second kappa shape index (κ2) is 10.1. The van der Waals surface area contributed by atoms with Crippen molar-refractivity contribution in [2.75, 3.05) is 11.5 Å². The Hall–Kier alpha value is -5.08. The summed E-state index contributed by atoms with van der Waals surface area (Å²) in [5, 5.41) is 0. The third kappa shape index (κ3) is 4.93. The van der Waals surface area contributed by atoms with E-state index in [1.54, 1.807) is 0 Å². The maximum Gasteiger partial charge on any atom is 0.0314 e. The monoisotopic (exact) mass is 488 g/mol. The fourth-order valence-electron chi connectivity index (χ4n) is 4.82. The summed E-state index contributed by atoms with van der Waals surface area (Å²) in [6, 6.07) is 50.9. The molecule has 0 saturated heterocycles. The lowest BCUT2D eigenvalue weighted by Crippen LogP contribution is -1.86. The highest BCUT2D eigenvalue weighted by Gasteiger charge is 2.06. The standard InChI is InChI=1S/C36H28N2/c37-35-19-15-27(16-20-35)25-7-11-29(12-8-25)31-3-1-5-33(23-31)34-6-2-4-32(24-34)30-13-9-26(10-14-30)28-17-21-36(38)22-18-28/h1-24H,37-38H2. The normalized spacial score (nSPS) is 10.8. The van der Waals surface area contributed by atoms with Crippen LogP contribution in [-0.2, 0) is 0 Å². The molecular formula is C36H28N2. The van der Waals surface area contributed by atoms with E-state index in [1.807, 2.05) is 24.3 Å². The number of nitrogen functional groups attached to an aromatic ring is 2. The molecular weight excluding hydrogens is 460 g/mol. The molecule has 38 heavy (non-hydrogen) atoms. The zero-order valence-electron chi connectivity index (χ0n) is 21.0. The fraction of sp³-hybridized carbons (Fsp3) is 0. The topological polar surface area (TPSA) is 52.0 Å². The molecule has 6 aromatic rings. The van der Waals surface area contributed by atoms with Gasteiger partial charge in [0.1, 0.15) is 0 Å². The predicted octanol–water partition coefficient (Wildman–Crippen LogP) is 9.19. The summed E-state index contributed by atoms with van der Waals surface area (Å²) in [7, 11) is 0. The van der Waals surface area contributed by atoms with Gasteiger partial charge in [0.15, 0.2) is 0 Å². The summed E-state index contributed by atoms with van der Waals surface area (Å²) in [5.41, 5.74) is 25.1. The van der Waals surface area contributed by atoms with E-state index in [0.29, 0.717) is 0 Å². The first kappa shape index (κ1) is 23.3. The maximum atomic E-state index is 5.84. The second-order valence-electron chi connectivity index (χ2n) is 9.56. The van der Waals surface area contributed by atoms with Gasteiger partial charge in [0.25, 0.3) is 0 Å². The van der Waals surface area contributed by atoms with Gasteiger partial charge in [-0.05, 0) is 92.0 Å². The zero-order valence-corrected chi connectivity index (χ0v) is 21.0. The van der Waals surface area contributed by atoms with Crippen molar-refractivity contribution in [3.63, 3.8) is 0 Å². The van der Waals surface area contributed by atoms with Gasteiger partial charge in [-0.2, -0.15) is 0 Å². The number of hydrogen-bond acceptors (Lipinski definition) is 2. The van der Waals surface area contributed by atoms with Crippen LogP contribution in [0, 0.1) is 0 Å². The van der Waals surface area contributed by atoms with Crippen LogP contribution in [0.1, 0.15) is 0 Å². The highest BCUT2D eigenvalue weighted by Crippen LogP contribution is 2.32. The van der Waals surface area contributed by atoms with Crippen LogP contribution in [0.3, 0.4) is 0 Å². The molecule has 0 spiro atoms. The lowest BCUT2D eigenvalue weighted by Gasteiger charge is -2.10. The van der Waals surface area contributed by atoms with Gasteiger partial charge in [0.05, 0.1) is 0 Å². The predicted molar refractivity (Wildman–Crippen MR) is 162 cm³/mol. The molecule has 0 aliphatic carbocycles. The Morgan fingerprint density at radius 3 is 0.737 bits per heavy atom. The van der Waals surface area contributed by atoms with Crippen LogP contribution < -0.4 is 11.5 Å². The Bertz CT molecular complexity index is 1550. The Kier molecular flexibility index (Phi) is 6.21. The summed E-state index contributed by atoms with van der Waals surface area (Å²) >= 11 is 0. The fourth-order valence-corrected chi connectivity index (χ4v) is 4.82. The smallest absolute Gasteiger partial charge is 0.0314 e. The molecule has 0 aliphatic heterocycles. The van der Waals surface area contributed by atoms with E-state index in [9.17, 15) is 0 Å². The quantitative estimate of drug-likeness (QED) is 0.238. The first-order valence-corrected chi connectivity index (χ1v) is 12.8. The molecule has 0 bridgehead atoms. The number of nitrogens with two attached hydrogens (primary N) is 2. The maximum absolute atomic E-state index is 5.84. The van der Waals surface area contributed by atoms with E-state index in [2.05, 4.69) is 121 Å². The van der Waals surface area contributed by atoms with Gasteiger partial charge < -0.3 is 11.5 Å². The zero-order chi connectivity index (χ0) is 25.9. The van der Waals surface area contributed by atoms with E-state index in [-0.39, 0.29) is 0 Å². The summed E-state index contributed by atoms with van der Waals surface area (Å²) in [6.45, 7) is 0. The summed E-state index contributed by atoms with van der Waals surface area (Å²) in [6.07, 6.45) is 0. The van der Waals surface area contributed by atoms with E-state index < -0.39 is 0 Å². The Labute approximate surface area is 223 Å². The van der Waals surface area contributed by atoms with Crippen molar-refractivity contribution in [2.45, 2.75) is 0 Å². The highest BCUT2D eigenvalue weighted by molar-refractivity contribution is 5.79. The van der Waals surface area contributed by atoms with Gasteiger partial charge in [-0.1, -0.05) is 109 Å². The second-order valence-corrected chi connectivity index (χ2v) is 9.56. The van der Waals surface area contributed by atoms with E-state index in [1.165, 1.54) is 44.5 Å². The van der Waals surface area contributed by atoms with Gasteiger partial charge in [-0.15, -0.1) is 0 Å². The lowest BCUT2D eigenvalue weighted by atomic mass is 9.95. The van der Waals surface area contributed by atoms with Gasteiger partial charge in [-0.3, -0.25) is 0 Å². The first-order valence-electron chi connectivity index (χ1n) is 12.8. The molecule has 0 atom stereocenters. The van der Waals surface area contributed by atoms with Gasteiger partial charge in [-0.25, -0.2) is 0 Å². The van der Waals surface area contributed by atoms with Crippen molar-refractivity contribution in [2.24, 2.45) is 0 Å². The molecule has 182 valence electrons. The minimum atomic E-state index is 0.779. The van der Waals surface area contributed by atoms with Crippen molar-refractivity contribution in [1.82, 2.24) is 0 Å². The van der Waals surface area contributed by atoms with E-state index in [0.717, 1.165) is 22.5 Å². The van der Waals surface area contributed by atoms with Crippen LogP contribution >= 0.6 is 0 Å². The SMILES string of the molecule is Nc1ccc(-c2ccc(-c3cccc(-c4cccc(-c5ccc(-c6ccc(N)cc6)cc5)c4)c3)cc2)cc1. The third-order valence-electron chi connectivity index (χ3n) is 6.98. The highest BCUT2D eigenvalue weighted by atomic mass is 14.5. The van der Waals surface area contributed by atoms with Crippen LogP contribution in [0.2, 0.25) is 0 Å². The number of anilines is 2. The molecule has 0 unspecified atom stereocenters. The van der Waals surface area contributed by atoms with Crippen molar-refractivity contribution < 1.29 is 0 Å². The molecule has 4 N–H and O–H groups in total. The number of benzene rings is 6. The van der Waals surface area contributed by atoms with Crippen molar-refractivity contribution >= 4 is 11.4 Å². The van der Waals surface area contributed by atoms with Crippen molar-refractivity contribution in [3.8, 4) is 55.6 Å². The van der Waals surface area contributed by atoms with Crippen LogP contribution in [0.5, 0.6) is 0 Å². The van der Waals surface area contributed by atoms with Crippen molar-refractivity contribution in [3.05, 3.63) is 146 Å². The molecule has 0 heterocycles. The van der Waals surface area contributed by atoms with Gasteiger partial charge in [0, 0.05) is 11.4 Å². The Balaban J connectivity index is 1.25. The van der Waals surface area contributed by atoms with Crippen LogP contribution in [0.15, 0.2) is 146 Å². The van der Waals surface area contributed by atoms with Crippen molar-refractivity contribution in [1.29, 1.82) is 0 Å². The number of hydrogen-bond donors (Lipinski definition) is 2. The van der Waals surface area contributed by atoms with E-state index in [4.69, 9.17) is 11.5 Å². The molecule has 2 heteroatoms. The molecule has 0 aliphatic rings. The number of rotatable bonds is 5. The first-order chi connectivity index (χ1) is 18.6. The molecule has 0 radical (unpaired) electrons. The van der Waals surface area contributed by atoms with Crippen LogP contribution in [0.4, 0.5) is 11.4 Å². The third-order valence-corrected chi connectivity index (χ3v) is 6.98. The molecule has 0 fully saturated rings. The molecule has 0 saturated carbocycles.